The highest BCUT2D eigenvalue weighted by molar-refractivity contribution is 6.81. The second kappa shape index (κ2) is 3.59. The summed E-state index contributed by atoms with van der Waals surface area (Å²) in [6.45, 7) is 6.83. The van der Waals surface area contributed by atoms with Gasteiger partial charge in [0.1, 0.15) is 0 Å². The normalized spacial score (nSPS) is 18.1. The van der Waals surface area contributed by atoms with E-state index >= 15 is 0 Å². The number of carbonyl (C=O) groups is 1. The Morgan fingerprint density at radius 3 is 2.25 bits per heavy atom. The molecule has 0 aromatic heterocycles. The lowest BCUT2D eigenvalue weighted by molar-refractivity contribution is 0.0875. The van der Waals surface area contributed by atoms with Gasteiger partial charge in [-0.05, 0) is 6.07 Å². The van der Waals surface area contributed by atoms with E-state index in [0.717, 1.165) is 16.8 Å². The van der Waals surface area contributed by atoms with Crippen molar-refractivity contribution in [3.05, 3.63) is 41.1 Å². The number of benzene rings is 1. The standard InChI is InChI=1S/C13H17NOSi/c1-14-12(9-16(2,3)4)10-7-5-6-8-11(10)13(14)15/h5-9H,1-4H3/b12-9+. The molecule has 0 unspecified atom stereocenters. The van der Waals surface area contributed by atoms with E-state index in [1.54, 1.807) is 4.90 Å². The average molecular weight is 231 g/mol. The summed E-state index contributed by atoms with van der Waals surface area (Å²) in [5, 5.41) is 0. The maximum atomic E-state index is 12.0. The molecule has 0 aliphatic carbocycles. The van der Waals surface area contributed by atoms with Crippen molar-refractivity contribution in [2.45, 2.75) is 19.6 Å². The quantitative estimate of drug-likeness (QED) is 0.680. The Balaban J connectivity index is 2.58. The second-order valence-electron chi connectivity index (χ2n) is 5.31. The number of fused-ring (bicyclic) bond motifs is 1. The van der Waals surface area contributed by atoms with E-state index < -0.39 is 8.07 Å². The summed E-state index contributed by atoms with van der Waals surface area (Å²) >= 11 is 0. The minimum Gasteiger partial charge on any atom is -0.311 e. The van der Waals surface area contributed by atoms with E-state index in [9.17, 15) is 4.79 Å². The molecule has 16 heavy (non-hydrogen) atoms. The number of carbonyl (C=O) groups excluding carboxylic acids is 1. The number of hydrogen-bond donors (Lipinski definition) is 0. The molecule has 1 heterocycles. The smallest absolute Gasteiger partial charge is 0.258 e. The third-order valence-corrected chi connectivity index (χ3v) is 3.81. The van der Waals surface area contributed by atoms with Crippen LogP contribution in [0.2, 0.25) is 19.6 Å². The van der Waals surface area contributed by atoms with Crippen LogP contribution in [0, 0.1) is 0 Å². The van der Waals surface area contributed by atoms with Gasteiger partial charge in [-0.2, -0.15) is 0 Å². The zero-order valence-corrected chi connectivity index (χ0v) is 11.2. The van der Waals surface area contributed by atoms with Gasteiger partial charge < -0.3 is 4.90 Å². The Kier molecular flexibility index (Phi) is 2.50. The number of hydrogen-bond acceptors (Lipinski definition) is 1. The van der Waals surface area contributed by atoms with Crippen LogP contribution in [0.1, 0.15) is 15.9 Å². The number of amides is 1. The maximum absolute atomic E-state index is 12.0. The van der Waals surface area contributed by atoms with Crippen molar-refractivity contribution in [2.75, 3.05) is 7.05 Å². The SMILES string of the molecule is CN1C(=O)c2ccccc2/C1=C\[Si](C)(C)C. The highest BCUT2D eigenvalue weighted by atomic mass is 28.3. The van der Waals surface area contributed by atoms with Crippen molar-refractivity contribution in [2.24, 2.45) is 0 Å². The molecule has 84 valence electrons. The molecule has 0 saturated heterocycles. The molecule has 0 radical (unpaired) electrons. The van der Waals surface area contributed by atoms with Crippen LogP contribution in [0.5, 0.6) is 0 Å². The van der Waals surface area contributed by atoms with Crippen LogP contribution in [0.3, 0.4) is 0 Å². The molecule has 0 bridgehead atoms. The molecule has 0 fully saturated rings. The van der Waals surface area contributed by atoms with Gasteiger partial charge in [0.2, 0.25) is 0 Å². The lowest BCUT2D eigenvalue weighted by atomic mass is 10.1. The van der Waals surface area contributed by atoms with Crippen molar-refractivity contribution in [3.63, 3.8) is 0 Å². The molecule has 0 spiro atoms. The van der Waals surface area contributed by atoms with Crippen LogP contribution < -0.4 is 0 Å². The van der Waals surface area contributed by atoms with Crippen LogP contribution in [-0.4, -0.2) is 25.9 Å². The van der Waals surface area contributed by atoms with Gasteiger partial charge in [-0.15, -0.1) is 0 Å². The third kappa shape index (κ3) is 1.83. The zero-order chi connectivity index (χ0) is 11.9. The minimum atomic E-state index is -1.32. The van der Waals surface area contributed by atoms with E-state index in [1.165, 1.54) is 0 Å². The first-order valence-electron chi connectivity index (χ1n) is 5.50. The van der Waals surface area contributed by atoms with Crippen LogP contribution >= 0.6 is 0 Å². The number of rotatable bonds is 1. The van der Waals surface area contributed by atoms with Crippen molar-refractivity contribution in [1.29, 1.82) is 0 Å². The highest BCUT2D eigenvalue weighted by Gasteiger charge is 2.30. The first kappa shape index (κ1) is 11.1. The molecular formula is C13H17NOSi. The van der Waals surface area contributed by atoms with E-state index in [0.29, 0.717) is 0 Å². The van der Waals surface area contributed by atoms with Crippen LogP contribution in [0.4, 0.5) is 0 Å². The Morgan fingerprint density at radius 2 is 1.69 bits per heavy atom. The van der Waals surface area contributed by atoms with Gasteiger partial charge in [0.25, 0.3) is 5.91 Å². The summed E-state index contributed by atoms with van der Waals surface area (Å²) in [6.07, 6.45) is 0. The van der Waals surface area contributed by atoms with Crippen molar-refractivity contribution >= 4 is 19.7 Å². The van der Waals surface area contributed by atoms with Gasteiger partial charge in [-0.3, -0.25) is 4.79 Å². The predicted molar refractivity (Wildman–Crippen MR) is 69.9 cm³/mol. The van der Waals surface area contributed by atoms with Gasteiger partial charge in [-0.25, -0.2) is 0 Å². The first-order chi connectivity index (χ1) is 7.40. The molecule has 1 aromatic rings. The molecule has 3 heteroatoms. The fourth-order valence-electron chi connectivity index (χ4n) is 1.95. The van der Waals surface area contributed by atoms with Gasteiger partial charge in [0, 0.05) is 23.9 Å². The Morgan fingerprint density at radius 1 is 1.12 bits per heavy atom. The molecule has 1 aliphatic rings. The van der Waals surface area contributed by atoms with Crippen molar-refractivity contribution in [1.82, 2.24) is 4.90 Å². The fraction of sp³-hybridized carbons (Fsp3) is 0.308. The molecule has 0 N–H and O–H groups in total. The van der Waals surface area contributed by atoms with E-state index in [-0.39, 0.29) is 5.91 Å². The Labute approximate surface area is 97.6 Å². The molecule has 2 nitrogen and oxygen atoms in total. The maximum Gasteiger partial charge on any atom is 0.258 e. The van der Waals surface area contributed by atoms with Crippen molar-refractivity contribution < 1.29 is 4.79 Å². The largest absolute Gasteiger partial charge is 0.311 e. The van der Waals surface area contributed by atoms with E-state index in [4.69, 9.17) is 0 Å². The number of nitrogens with zero attached hydrogens (tertiary/aromatic N) is 1. The van der Waals surface area contributed by atoms with Gasteiger partial charge in [0.05, 0.1) is 8.07 Å². The lowest BCUT2D eigenvalue weighted by Gasteiger charge is -2.17. The van der Waals surface area contributed by atoms with Gasteiger partial charge in [-0.1, -0.05) is 43.5 Å². The Hall–Kier alpha value is -1.35. The highest BCUT2D eigenvalue weighted by Crippen LogP contribution is 2.32. The third-order valence-electron chi connectivity index (χ3n) is 2.67. The van der Waals surface area contributed by atoms with Crippen LogP contribution in [0.25, 0.3) is 5.70 Å². The molecule has 1 aromatic carbocycles. The minimum absolute atomic E-state index is 0.111. The summed E-state index contributed by atoms with van der Waals surface area (Å²) in [5.41, 5.74) is 5.28. The van der Waals surface area contributed by atoms with E-state index in [1.807, 2.05) is 31.3 Å². The zero-order valence-electron chi connectivity index (χ0n) is 10.2. The monoisotopic (exact) mass is 231 g/mol. The van der Waals surface area contributed by atoms with Gasteiger partial charge in [0.15, 0.2) is 0 Å². The topological polar surface area (TPSA) is 20.3 Å². The average Bonchev–Trinajstić information content (AvgIpc) is 2.43. The summed E-state index contributed by atoms with van der Waals surface area (Å²) in [6, 6.07) is 7.84. The summed E-state index contributed by atoms with van der Waals surface area (Å²) in [4.78, 5) is 13.8. The molecule has 1 amide bonds. The molecule has 0 atom stereocenters. The molecule has 0 saturated carbocycles. The summed E-state index contributed by atoms with van der Waals surface area (Å²) < 4.78 is 0. The van der Waals surface area contributed by atoms with Crippen LogP contribution in [0.15, 0.2) is 30.0 Å². The summed E-state index contributed by atoms with van der Waals surface area (Å²) in [7, 11) is 0.537. The van der Waals surface area contributed by atoms with E-state index in [2.05, 4.69) is 25.3 Å². The molecular weight excluding hydrogens is 214 g/mol. The van der Waals surface area contributed by atoms with Crippen LogP contribution in [-0.2, 0) is 0 Å². The Bertz CT molecular complexity index is 471. The second-order valence-corrected chi connectivity index (χ2v) is 10.3. The molecule has 1 aliphatic heterocycles. The first-order valence-corrected chi connectivity index (χ1v) is 9.08. The fourth-order valence-corrected chi connectivity index (χ4v) is 3.12. The lowest BCUT2D eigenvalue weighted by Crippen LogP contribution is -2.22. The molecule has 2 rings (SSSR count). The van der Waals surface area contributed by atoms with Gasteiger partial charge >= 0.3 is 0 Å². The summed E-state index contributed by atoms with van der Waals surface area (Å²) in [5.74, 6) is 0.111. The predicted octanol–water partition coefficient (Wildman–Crippen LogP) is 2.99. The van der Waals surface area contributed by atoms with Crippen molar-refractivity contribution in [3.8, 4) is 0 Å².